The Bertz CT molecular complexity index is 104. The average molecular weight is 132 g/mol. The van der Waals surface area contributed by atoms with Crippen LogP contribution in [-0.4, -0.2) is 30.7 Å². The molecule has 0 amide bonds. The smallest absolute Gasteiger partial charge is 0.183 e. The van der Waals surface area contributed by atoms with Gasteiger partial charge in [0.2, 0.25) is 0 Å². The summed E-state index contributed by atoms with van der Waals surface area (Å²) in [6.45, 7) is 2.43. The molecule has 0 aromatic rings. The Morgan fingerprint density at radius 3 is 2.67 bits per heavy atom. The number of aliphatic hydroxyl groups excluding tert-OH is 1. The molecule has 1 fully saturated rings. The molecule has 0 radical (unpaired) electrons. The zero-order chi connectivity index (χ0) is 6.91. The molecule has 0 saturated carbocycles. The quantitative estimate of drug-likeness (QED) is 0.551. The van der Waals surface area contributed by atoms with Gasteiger partial charge in [-0.25, -0.2) is 0 Å². The van der Waals surface area contributed by atoms with Gasteiger partial charge in [-0.3, -0.25) is 0 Å². The lowest BCUT2D eigenvalue weighted by Crippen LogP contribution is -2.36. The molecule has 1 aliphatic heterocycles. The Labute approximate surface area is 54.6 Å². The SMILES string of the molecule is CO[C@]1(C)CCOC1O. The lowest BCUT2D eigenvalue weighted by Gasteiger charge is -2.23. The standard InChI is InChI=1S/C6H12O3/c1-6(8-2)3-4-9-5(6)7/h5,7H,3-4H2,1-2H3/t5?,6-/m1/s1. The molecule has 1 rings (SSSR count). The first kappa shape index (κ1) is 6.99. The van der Waals surface area contributed by atoms with Crippen LogP contribution in [0.5, 0.6) is 0 Å². The minimum Gasteiger partial charge on any atom is -0.373 e. The van der Waals surface area contributed by atoms with Crippen molar-refractivity contribution in [3.05, 3.63) is 0 Å². The number of rotatable bonds is 1. The van der Waals surface area contributed by atoms with Crippen molar-refractivity contribution < 1.29 is 14.6 Å². The summed E-state index contributed by atoms with van der Waals surface area (Å²) in [4.78, 5) is 0. The van der Waals surface area contributed by atoms with Crippen LogP contribution >= 0.6 is 0 Å². The van der Waals surface area contributed by atoms with Gasteiger partial charge < -0.3 is 14.6 Å². The van der Waals surface area contributed by atoms with Gasteiger partial charge in [-0.15, -0.1) is 0 Å². The minimum atomic E-state index is -0.748. The Kier molecular flexibility index (Phi) is 1.75. The van der Waals surface area contributed by atoms with Crippen molar-refractivity contribution in [2.75, 3.05) is 13.7 Å². The van der Waals surface area contributed by atoms with E-state index >= 15 is 0 Å². The van der Waals surface area contributed by atoms with Gasteiger partial charge in [0.25, 0.3) is 0 Å². The highest BCUT2D eigenvalue weighted by molar-refractivity contribution is 4.82. The molecule has 0 spiro atoms. The normalized spacial score (nSPS) is 43.7. The van der Waals surface area contributed by atoms with Crippen molar-refractivity contribution in [3.63, 3.8) is 0 Å². The number of aliphatic hydroxyl groups is 1. The zero-order valence-electron chi connectivity index (χ0n) is 5.76. The fourth-order valence-corrected chi connectivity index (χ4v) is 0.876. The lowest BCUT2D eigenvalue weighted by atomic mass is 10.1. The van der Waals surface area contributed by atoms with E-state index in [0.717, 1.165) is 6.42 Å². The molecule has 2 atom stereocenters. The highest BCUT2D eigenvalue weighted by atomic mass is 16.6. The summed E-state index contributed by atoms with van der Waals surface area (Å²) in [5.41, 5.74) is -0.472. The Morgan fingerprint density at radius 2 is 2.44 bits per heavy atom. The van der Waals surface area contributed by atoms with E-state index in [-0.39, 0.29) is 0 Å². The average Bonchev–Trinajstić information content (AvgIpc) is 2.15. The van der Waals surface area contributed by atoms with E-state index in [2.05, 4.69) is 0 Å². The molecule has 3 nitrogen and oxygen atoms in total. The molecule has 0 aromatic heterocycles. The van der Waals surface area contributed by atoms with Gasteiger partial charge in [0.15, 0.2) is 6.29 Å². The highest BCUT2D eigenvalue weighted by Crippen LogP contribution is 2.26. The fourth-order valence-electron chi connectivity index (χ4n) is 0.876. The van der Waals surface area contributed by atoms with E-state index in [1.54, 1.807) is 7.11 Å². The molecule has 9 heavy (non-hydrogen) atoms. The first-order valence-corrected chi connectivity index (χ1v) is 3.04. The van der Waals surface area contributed by atoms with Crippen molar-refractivity contribution in [1.82, 2.24) is 0 Å². The molecular formula is C6H12O3. The fraction of sp³-hybridized carbons (Fsp3) is 1.00. The second kappa shape index (κ2) is 2.25. The predicted octanol–water partition coefficient (Wildman–Crippen LogP) is 0.130. The molecule has 1 heterocycles. The maximum absolute atomic E-state index is 9.10. The van der Waals surface area contributed by atoms with Crippen LogP contribution in [0.25, 0.3) is 0 Å². The third kappa shape index (κ3) is 1.08. The summed E-state index contributed by atoms with van der Waals surface area (Å²) < 4.78 is 9.93. The van der Waals surface area contributed by atoms with Crippen LogP contribution in [-0.2, 0) is 9.47 Å². The Balaban J connectivity index is 2.56. The Morgan fingerprint density at radius 1 is 1.78 bits per heavy atom. The van der Waals surface area contributed by atoms with E-state index in [1.807, 2.05) is 6.92 Å². The van der Waals surface area contributed by atoms with Gasteiger partial charge in [-0.1, -0.05) is 0 Å². The Hall–Kier alpha value is -0.120. The van der Waals surface area contributed by atoms with Gasteiger partial charge in [0, 0.05) is 13.5 Å². The van der Waals surface area contributed by atoms with Crippen LogP contribution in [0.15, 0.2) is 0 Å². The lowest BCUT2D eigenvalue weighted by molar-refractivity contribution is -0.163. The van der Waals surface area contributed by atoms with Crippen molar-refractivity contribution in [1.29, 1.82) is 0 Å². The molecule has 0 aromatic carbocycles. The summed E-state index contributed by atoms with van der Waals surface area (Å²) in [6, 6.07) is 0. The van der Waals surface area contributed by atoms with E-state index in [4.69, 9.17) is 14.6 Å². The summed E-state index contributed by atoms with van der Waals surface area (Å²) in [5, 5.41) is 9.10. The monoisotopic (exact) mass is 132 g/mol. The molecule has 0 bridgehead atoms. The zero-order valence-corrected chi connectivity index (χ0v) is 5.76. The van der Waals surface area contributed by atoms with Gasteiger partial charge >= 0.3 is 0 Å². The van der Waals surface area contributed by atoms with Gasteiger partial charge in [0.05, 0.1) is 6.61 Å². The van der Waals surface area contributed by atoms with Crippen LogP contribution < -0.4 is 0 Å². The van der Waals surface area contributed by atoms with Crippen LogP contribution in [0.2, 0.25) is 0 Å². The summed E-state index contributed by atoms with van der Waals surface area (Å²) in [5.74, 6) is 0. The highest BCUT2D eigenvalue weighted by Gasteiger charge is 2.38. The van der Waals surface area contributed by atoms with Crippen LogP contribution in [0.1, 0.15) is 13.3 Å². The largest absolute Gasteiger partial charge is 0.373 e. The van der Waals surface area contributed by atoms with E-state index in [1.165, 1.54) is 0 Å². The van der Waals surface area contributed by atoms with Crippen molar-refractivity contribution in [3.8, 4) is 0 Å². The predicted molar refractivity (Wildman–Crippen MR) is 32.0 cm³/mol. The van der Waals surface area contributed by atoms with Crippen LogP contribution in [0.4, 0.5) is 0 Å². The minimum absolute atomic E-state index is 0.472. The van der Waals surface area contributed by atoms with Gasteiger partial charge in [-0.2, -0.15) is 0 Å². The first-order valence-electron chi connectivity index (χ1n) is 3.04. The van der Waals surface area contributed by atoms with E-state index < -0.39 is 11.9 Å². The van der Waals surface area contributed by atoms with E-state index in [0.29, 0.717) is 6.61 Å². The third-order valence-corrected chi connectivity index (χ3v) is 1.86. The number of hydrogen-bond donors (Lipinski definition) is 1. The number of ether oxygens (including phenoxy) is 2. The molecule has 54 valence electrons. The van der Waals surface area contributed by atoms with Crippen molar-refractivity contribution in [2.24, 2.45) is 0 Å². The first-order chi connectivity index (χ1) is 4.19. The topological polar surface area (TPSA) is 38.7 Å². The van der Waals surface area contributed by atoms with Crippen LogP contribution in [0.3, 0.4) is 0 Å². The maximum Gasteiger partial charge on any atom is 0.183 e. The second-order valence-corrected chi connectivity index (χ2v) is 2.49. The summed E-state index contributed by atoms with van der Waals surface area (Å²) >= 11 is 0. The molecular weight excluding hydrogens is 120 g/mol. The van der Waals surface area contributed by atoms with Crippen LogP contribution in [0, 0.1) is 0 Å². The van der Waals surface area contributed by atoms with Crippen molar-refractivity contribution >= 4 is 0 Å². The molecule has 1 unspecified atom stereocenters. The third-order valence-electron chi connectivity index (χ3n) is 1.86. The molecule has 1 saturated heterocycles. The number of methoxy groups -OCH3 is 1. The molecule has 0 aliphatic carbocycles. The van der Waals surface area contributed by atoms with Crippen molar-refractivity contribution in [2.45, 2.75) is 25.2 Å². The molecule has 1 N–H and O–H groups in total. The summed E-state index contributed by atoms with van der Waals surface area (Å²) in [6.07, 6.45) is 0.0208. The van der Waals surface area contributed by atoms with Gasteiger partial charge in [0.1, 0.15) is 5.60 Å². The summed E-state index contributed by atoms with van der Waals surface area (Å²) in [7, 11) is 1.58. The molecule has 3 heteroatoms. The molecule has 1 aliphatic rings. The van der Waals surface area contributed by atoms with E-state index in [9.17, 15) is 0 Å². The maximum atomic E-state index is 9.10. The van der Waals surface area contributed by atoms with Gasteiger partial charge in [-0.05, 0) is 6.92 Å². The second-order valence-electron chi connectivity index (χ2n) is 2.49. The number of hydrogen-bond acceptors (Lipinski definition) is 3.